The molecule has 3 unspecified atom stereocenters. The molecule has 2 bridgehead atoms. The summed E-state index contributed by atoms with van der Waals surface area (Å²) in [5, 5.41) is 13.0. The summed E-state index contributed by atoms with van der Waals surface area (Å²) in [6.45, 7) is -0.208. The van der Waals surface area contributed by atoms with Crippen LogP contribution in [0.4, 0.5) is 0 Å². The Kier molecular flexibility index (Phi) is 4.03. The van der Waals surface area contributed by atoms with Crippen molar-refractivity contribution in [2.45, 2.75) is 49.8 Å². The van der Waals surface area contributed by atoms with Crippen molar-refractivity contribution in [3.8, 4) is 0 Å². The first-order valence-corrected chi connectivity index (χ1v) is 7.38. The van der Waals surface area contributed by atoms with Gasteiger partial charge in [-0.1, -0.05) is 30.3 Å². The number of ether oxygens (including phenoxy) is 1. The zero-order chi connectivity index (χ0) is 13.9. The van der Waals surface area contributed by atoms with Gasteiger partial charge in [-0.05, 0) is 31.2 Å². The Hall–Kier alpha value is -1.39. The molecule has 0 aromatic heterocycles. The first-order chi connectivity index (χ1) is 9.76. The van der Waals surface area contributed by atoms with E-state index in [4.69, 9.17) is 4.74 Å². The number of hydrogen-bond donors (Lipinski definition) is 2. The third-order valence-corrected chi connectivity index (χ3v) is 4.38. The van der Waals surface area contributed by atoms with Crippen LogP contribution in [0.3, 0.4) is 0 Å². The summed E-state index contributed by atoms with van der Waals surface area (Å²) in [5.74, 6) is -0.867. The van der Waals surface area contributed by atoms with E-state index in [0.29, 0.717) is 12.1 Å². The van der Waals surface area contributed by atoms with Crippen LogP contribution in [-0.4, -0.2) is 35.9 Å². The van der Waals surface area contributed by atoms with Crippen molar-refractivity contribution < 1.29 is 14.6 Å². The van der Waals surface area contributed by atoms with Crippen molar-refractivity contribution >= 4 is 5.97 Å². The number of esters is 1. The number of rotatable bonds is 4. The highest BCUT2D eigenvalue weighted by Crippen LogP contribution is 2.29. The van der Waals surface area contributed by atoms with Gasteiger partial charge in [0.15, 0.2) is 0 Å². The third-order valence-electron chi connectivity index (χ3n) is 4.38. The lowest BCUT2D eigenvalue weighted by Gasteiger charge is -2.29. The molecule has 1 aromatic rings. The van der Waals surface area contributed by atoms with Gasteiger partial charge in [0.05, 0.1) is 6.61 Å². The number of fused-ring (bicyclic) bond motifs is 2. The summed E-state index contributed by atoms with van der Waals surface area (Å²) in [6.07, 6.45) is 4.16. The smallest absolute Gasteiger partial charge is 0.316 e. The Labute approximate surface area is 119 Å². The molecule has 2 N–H and O–H groups in total. The van der Waals surface area contributed by atoms with Crippen molar-refractivity contribution in [1.29, 1.82) is 0 Å². The number of aliphatic hydroxyl groups excluding tert-OH is 1. The van der Waals surface area contributed by atoms with Crippen molar-refractivity contribution in [2.24, 2.45) is 0 Å². The molecule has 2 aliphatic rings. The fourth-order valence-corrected chi connectivity index (χ4v) is 3.35. The lowest BCUT2D eigenvalue weighted by molar-refractivity contribution is -0.153. The number of benzene rings is 1. The molecule has 3 rings (SSSR count). The fourth-order valence-electron chi connectivity index (χ4n) is 3.35. The van der Waals surface area contributed by atoms with Crippen molar-refractivity contribution in [2.75, 3.05) is 6.61 Å². The number of carbonyl (C=O) groups is 1. The monoisotopic (exact) mass is 275 g/mol. The molecule has 4 heteroatoms. The predicted octanol–water partition coefficient (Wildman–Crippen LogP) is 1.59. The second kappa shape index (κ2) is 5.94. The van der Waals surface area contributed by atoms with E-state index >= 15 is 0 Å². The van der Waals surface area contributed by atoms with Gasteiger partial charge < -0.3 is 15.2 Å². The molecule has 0 radical (unpaired) electrons. The molecular formula is C16H21NO3. The molecule has 108 valence electrons. The molecule has 0 aliphatic carbocycles. The van der Waals surface area contributed by atoms with Gasteiger partial charge in [0.25, 0.3) is 0 Å². The lowest BCUT2D eigenvalue weighted by atomic mass is 9.99. The van der Waals surface area contributed by atoms with Crippen LogP contribution in [0, 0.1) is 0 Å². The molecular weight excluding hydrogens is 254 g/mol. The van der Waals surface area contributed by atoms with Gasteiger partial charge >= 0.3 is 5.97 Å². The summed E-state index contributed by atoms with van der Waals surface area (Å²) in [5.41, 5.74) is 0.817. The van der Waals surface area contributed by atoms with Crippen molar-refractivity contribution in [3.63, 3.8) is 0 Å². The van der Waals surface area contributed by atoms with Gasteiger partial charge in [-0.3, -0.25) is 4.79 Å². The Balaban J connectivity index is 1.63. The van der Waals surface area contributed by atoms with Crippen LogP contribution in [0.2, 0.25) is 0 Å². The van der Waals surface area contributed by atoms with Crippen LogP contribution in [-0.2, 0) is 9.53 Å². The highest BCUT2D eigenvalue weighted by molar-refractivity contribution is 5.78. The number of nitrogens with one attached hydrogen (secondary N) is 1. The van der Waals surface area contributed by atoms with Gasteiger partial charge in [0.2, 0.25) is 0 Å². The van der Waals surface area contributed by atoms with Gasteiger partial charge in [0, 0.05) is 12.1 Å². The van der Waals surface area contributed by atoms with E-state index in [1.54, 1.807) is 0 Å². The quantitative estimate of drug-likeness (QED) is 0.819. The minimum absolute atomic E-state index is 0.000915. The molecule has 0 amide bonds. The summed E-state index contributed by atoms with van der Waals surface area (Å²) in [7, 11) is 0. The Morgan fingerprint density at radius 2 is 1.90 bits per heavy atom. The molecule has 2 heterocycles. The van der Waals surface area contributed by atoms with Crippen molar-refractivity contribution in [1.82, 2.24) is 5.32 Å². The summed E-state index contributed by atoms with van der Waals surface area (Å²) >= 11 is 0. The summed E-state index contributed by atoms with van der Waals surface area (Å²) < 4.78 is 5.64. The number of hydrogen-bond acceptors (Lipinski definition) is 4. The van der Waals surface area contributed by atoms with Crippen molar-refractivity contribution in [3.05, 3.63) is 35.9 Å². The van der Waals surface area contributed by atoms with Crippen LogP contribution in [0.15, 0.2) is 30.3 Å². The third kappa shape index (κ3) is 2.86. The minimum Gasteiger partial charge on any atom is -0.462 e. The number of carbonyl (C=O) groups excluding carboxylic acids is 1. The number of piperidine rings is 1. The van der Waals surface area contributed by atoms with E-state index in [0.717, 1.165) is 18.4 Å². The van der Waals surface area contributed by atoms with E-state index in [1.807, 2.05) is 30.3 Å². The van der Waals surface area contributed by atoms with E-state index in [1.165, 1.54) is 12.8 Å². The van der Waals surface area contributed by atoms with E-state index in [9.17, 15) is 9.90 Å². The topological polar surface area (TPSA) is 58.6 Å². The summed E-state index contributed by atoms with van der Waals surface area (Å²) in [4.78, 5) is 12.3. The normalized spacial score (nSPS) is 29.9. The van der Waals surface area contributed by atoms with Crippen LogP contribution in [0.1, 0.15) is 37.2 Å². The second-order valence-corrected chi connectivity index (χ2v) is 5.81. The van der Waals surface area contributed by atoms with Crippen LogP contribution >= 0.6 is 0 Å². The van der Waals surface area contributed by atoms with Gasteiger partial charge in [-0.25, -0.2) is 0 Å². The molecule has 0 saturated carbocycles. The molecule has 20 heavy (non-hydrogen) atoms. The molecule has 2 saturated heterocycles. The standard InChI is InChI=1S/C16H21NO3/c18-10-15(11-4-2-1-3-5-11)16(19)20-14-8-12-6-7-13(9-14)17-12/h1-5,12-15,17-18H,6-10H2/t12-,13?,14?,15?/m1/s1. The maximum atomic E-state index is 12.3. The summed E-state index contributed by atoms with van der Waals surface area (Å²) in [6, 6.07) is 10.3. The average molecular weight is 275 g/mol. The molecule has 0 spiro atoms. The van der Waals surface area contributed by atoms with Gasteiger partial charge in [-0.15, -0.1) is 0 Å². The zero-order valence-corrected chi connectivity index (χ0v) is 11.5. The molecule has 2 fully saturated rings. The Morgan fingerprint density at radius 1 is 1.25 bits per heavy atom. The molecule has 2 aliphatic heterocycles. The second-order valence-electron chi connectivity index (χ2n) is 5.81. The molecule has 1 aromatic carbocycles. The SMILES string of the molecule is O=C(OC1CC2CC[C@H](C1)N2)C(CO)c1ccccc1. The first-order valence-electron chi connectivity index (χ1n) is 7.38. The van der Waals surface area contributed by atoms with Gasteiger partial charge in [-0.2, -0.15) is 0 Å². The van der Waals surface area contributed by atoms with Crippen LogP contribution in [0.25, 0.3) is 0 Å². The highest BCUT2D eigenvalue weighted by atomic mass is 16.5. The molecule has 4 nitrogen and oxygen atoms in total. The molecule has 4 atom stereocenters. The highest BCUT2D eigenvalue weighted by Gasteiger charge is 2.36. The van der Waals surface area contributed by atoms with E-state index in [-0.39, 0.29) is 18.7 Å². The van der Waals surface area contributed by atoms with Gasteiger partial charge in [0.1, 0.15) is 12.0 Å². The maximum Gasteiger partial charge on any atom is 0.316 e. The first kappa shape index (κ1) is 13.6. The lowest BCUT2D eigenvalue weighted by Crippen LogP contribution is -2.42. The van der Waals surface area contributed by atoms with Crippen LogP contribution < -0.4 is 5.32 Å². The Morgan fingerprint density at radius 3 is 2.50 bits per heavy atom. The predicted molar refractivity (Wildman–Crippen MR) is 75.3 cm³/mol. The number of aliphatic hydroxyl groups is 1. The minimum atomic E-state index is -0.566. The van der Waals surface area contributed by atoms with E-state index in [2.05, 4.69) is 5.32 Å². The van der Waals surface area contributed by atoms with E-state index < -0.39 is 5.92 Å². The van der Waals surface area contributed by atoms with Crippen LogP contribution in [0.5, 0.6) is 0 Å². The fraction of sp³-hybridized carbons (Fsp3) is 0.562. The maximum absolute atomic E-state index is 12.3. The average Bonchev–Trinajstić information content (AvgIpc) is 2.80. The zero-order valence-electron chi connectivity index (χ0n) is 11.5. The Bertz CT molecular complexity index is 450. The largest absolute Gasteiger partial charge is 0.462 e.